The normalized spacial score (nSPS) is 16.1. The van der Waals surface area contributed by atoms with Gasteiger partial charge in [0.2, 0.25) is 0 Å². The van der Waals surface area contributed by atoms with Gasteiger partial charge in [-0.2, -0.15) is 10.4 Å². The summed E-state index contributed by atoms with van der Waals surface area (Å²) in [7, 11) is 0. The second-order valence-corrected chi connectivity index (χ2v) is 11.0. The van der Waals surface area contributed by atoms with Crippen LogP contribution in [0.5, 0.6) is 0 Å². The molecule has 0 unspecified atom stereocenters. The number of nitrogens with one attached hydrogen (secondary N) is 2. The Morgan fingerprint density at radius 2 is 1.68 bits per heavy atom. The maximum Gasteiger partial charge on any atom is 0.322 e. The molecular weight excluding hydrogens is 548 g/mol. The summed E-state index contributed by atoms with van der Waals surface area (Å²) >= 11 is 0. The van der Waals surface area contributed by atoms with Crippen LogP contribution in [0.1, 0.15) is 42.4 Å². The van der Waals surface area contributed by atoms with Crippen LogP contribution in [-0.4, -0.2) is 37.9 Å². The Morgan fingerprint density at radius 3 is 2.39 bits per heavy atom. The zero-order chi connectivity index (χ0) is 30.1. The maximum absolute atomic E-state index is 13.7. The van der Waals surface area contributed by atoms with Crippen LogP contribution >= 0.6 is 0 Å². The summed E-state index contributed by atoms with van der Waals surface area (Å²) in [5, 5.41) is 20.2. The zero-order valence-corrected chi connectivity index (χ0v) is 24.4. The first-order chi connectivity index (χ1) is 21.6. The van der Waals surface area contributed by atoms with Crippen LogP contribution in [-0.2, 0) is 13.1 Å². The van der Waals surface area contributed by atoms with Gasteiger partial charge < -0.3 is 10.6 Å². The predicted molar refractivity (Wildman–Crippen MR) is 171 cm³/mol. The fourth-order valence-corrected chi connectivity index (χ4v) is 5.68. The van der Waals surface area contributed by atoms with Crippen molar-refractivity contribution in [2.75, 3.05) is 10.2 Å². The number of urea groups is 1. The van der Waals surface area contributed by atoms with Crippen molar-refractivity contribution in [3.63, 3.8) is 0 Å². The van der Waals surface area contributed by atoms with Crippen LogP contribution in [0.2, 0.25) is 0 Å². The molecule has 0 bridgehead atoms. The molecule has 3 aromatic heterocycles. The molecule has 1 saturated carbocycles. The Bertz CT molecular complexity index is 1690. The molecular formula is C35H34N8O. The van der Waals surface area contributed by atoms with Crippen LogP contribution in [0.4, 0.5) is 16.3 Å². The van der Waals surface area contributed by atoms with Crippen LogP contribution in [0.15, 0.2) is 110 Å². The molecule has 0 atom stereocenters. The first-order valence-corrected chi connectivity index (χ1v) is 14.9. The molecule has 6 rings (SSSR count). The highest BCUT2D eigenvalue weighted by molar-refractivity contribution is 5.93. The zero-order valence-electron chi connectivity index (χ0n) is 24.4. The topological polar surface area (TPSA) is 112 Å². The van der Waals surface area contributed by atoms with E-state index in [-0.39, 0.29) is 18.1 Å². The van der Waals surface area contributed by atoms with Crippen molar-refractivity contribution in [2.24, 2.45) is 0 Å². The first-order valence-electron chi connectivity index (χ1n) is 14.9. The van der Waals surface area contributed by atoms with Gasteiger partial charge in [-0.3, -0.25) is 14.6 Å². The molecule has 5 aromatic rings. The standard InChI is InChI=1S/C35H34N8O/c36-19-27-8-17-34(38-22-27)41-31-11-15-33(16-12-31)43(35(44)39-21-26-5-2-1-3-6-26)32-13-9-29(10-14-32)30-23-40-42(25-30)24-28-7-4-18-37-20-28/h1-10,13-14,17-18,20,22-23,25,31,33H,11-12,15-16,21,24H2,(H,38,41)(H,39,44). The third-order valence-electron chi connectivity index (χ3n) is 7.99. The van der Waals surface area contributed by atoms with E-state index in [2.05, 4.69) is 43.9 Å². The molecule has 9 heteroatoms. The maximum atomic E-state index is 13.7. The van der Waals surface area contributed by atoms with E-state index in [1.807, 2.05) is 88.8 Å². The van der Waals surface area contributed by atoms with Gasteiger partial charge in [-0.1, -0.05) is 48.5 Å². The number of benzene rings is 2. The van der Waals surface area contributed by atoms with Gasteiger partial charge in [0, 0.05) is 54.7 Å². The second-order valence-electron chi connectivity index (χ2n) is 11.0. The summed E-state index contributed by atoms with van der Waals surface area (Å²) < 4.78 is 1.91. The smallest absolute Gasteiger partial charge is 0.322 e. The molecule has 9 nitrogen and oxygen atoms in total. The Labute approximate surface area is 257 Å². The van der Waals surface area contributed by atoms with Crippen LogP contribution < -0.4 is 15.5 Å². The summed E-state index contributed by atoms with van der Waals surface area (Å²) in [6.45, 7) is 1.12. The van der Waals surface area contributed by atoms with Gasteiger partial charge in [0.15, 0.2) is 0 Å². The molecule has 1 aliphatic rings. The molecule has 0 saturated heterocycles. The number of amides is 2. The number of hydrogen-bond acceptors (Lipinski definition) is 6. The minimum atomic E-state index is -0.101. The molecule has 0 aliphatic heterocycles. The molecule has 220 valence electrons. The van der Waals surface area contributed by atoms with E-state index in [4.69, 9.17) is 5.26 Å². The molecule has 44 heavy (non-hydrogen) atoms. The number of nitriles is 1. The average molecular weight is 583 g/mol. The van der Waals surface area contributed by atoms with Gasteiger partial charge in [0.25, 0.3) is 0 Å². The number of anilines is 2. The lowest BCUT2D eigenvalue weighted by Gasteiger charge is -2.37. The van der Waals surface area contributed by atoms with Gasteiger partial charge in [-0.15, -0.1) is 0 Å². The quantitative estimate of drug-likeness (QED) is 0.208. The van der Waals surface area contributed by atoms with Crippen molar-refractivity contribution in [3.8, 4) is 17.2 Å². The third-order valence-corrected chi connectivity index (χ3v) is 7.99. The summed E-state index contributed by atoms with van der Waals surface area (Å²) in [6, 6.07) is 28.0. The highest BCUT2D eigenvalue weighted by Gasteiger charge is 2.30. The van der Waals surface area contributed by atoms with Crippen LogP contribution in [0.25, 0.3) is 11.1 Å². The molecule has 2 aromatic carbocycles. The van der Waals surface area contributed by atoms with E-state index in [1.54, 1.807) is 18.5 Å². The monoisotopic (exact) mass is 582 g/mol. The molecule has 1 aliphatic carbocycles. The number of nitrogens with zero attached hydrogens (tertiary/aromatic N) is 6. The fourth-order valence-electron chi connectivity index (χ4n) is 5.68. The number of pyridine rings is 2. The van der Waals surface area contributed by atoms with Crippen molar-refractivity contribution >= 4 is 17.5 Å². The molecule has 0 radical (unpaired) electrons. The van der Waals surface area contributed by atoms with Crippen molar-refractivity contribution in [1.29, 1.82) is 5.26 Å². The summed E-state index contributed by atoms with van der Waals surface area (Å²) in [5.74, 6) is 0.768. The highest BCUT2D eigenvalue weighted by Crippen LogP contribution is 2.31. The largest absolute Gasteiger partial charge is 0.367 e. The Balaban J connectivity index is 1.15. The van der Waals surface area contributed by atoms with E-state index in [0.29, 0.717) is 18.7 Å². The summed E-state index contributed by atoms with van der Waals surface area (Å²) in [4.78, 5) is 24.2. The Morgan fingerprint density at radius 1 is 0.886 bits per heavy atom. The molecule has 1 fully saturated rings. The van der Waals surface area contributed by atoms with Crippen LogP contribution in [0.3, 0.4) is 0 Å². The lowest BCUT2D eigenvalue weighted by atomic mass is 9.89. The number of hydrogen-bond donors (Lipinski definition) is 2. The molecule has 2 N–H and O–H groups in total. The van der Waals surface area contributed by atoms with Gasteiger partial charge in [0.05, 0.1) is 18.3 Å². The lowest BCUT2D eigenvalue weighted by molar-refractivity contribution is 0.240. The first kappa shape index (κ1) is 28.6. The second kappa shape index (κ2) is 13.7. The third kappa shape index (κ3) is 7.10. The van der Waals surface area contributed by atoms with Crippen molar-refractivity contribution in [2.45, 2.75) is 50.9 Å². The summed E-state index contributed by atoms with van der Waals surface area (Å²) in [5.41, 5.74) is 5.62. The van der Waals surface area contributed by atoms with Gasteiger partial charge >= 0.3 is 6.03 Å². The van der Waals surface area contributed by atoms with Gasteiger partial charge in [-0.25, -0.2) is 9.78 Å². The number of carbonyl (C=O) groups excluding carboxylic acids is 1. The van der Waals surface area contributed by atoms with E-state index in [0.717, 1.165) is 59.4 Å². The molecule has 2 amide bonds. The van der Waals surface area contributed by atoms with Crippen molar-refractivity contribution in [1.82, 2.24) is 25.1 Å². The highest BCUT2D eigenvalue weighted by atomic mass is 16.2. The molecule has 3 heterocycles. The lowest BCUT2D eigenvalue weighted by Crippen LogP contribution is -2.48. The van der Waals surface area contributed by atoms with E-state index in [1.165, 1.54) is 0 Å². The number of rotatable bonds is 9. The summed E-state index contributed by atoms with van der Waals surface area (Å²) in [6.07, 6.45) is 12.6. The Kier molecular flexibility index (Phi) is 8.88. The van der Waals surface area contributed by atoms with Crippen molar-refractivity contribution < 1.29 is 4.79 Å². The number of aromatic nitrogens is 4. The minimum Gasteiger partial charge on any atom is -0.367 e. The van der Waals surface area contributed by atoms with E-state index >= 15 is 0 Å². The van der Waals surface area contributed by atoms with E-state index < -0.39 is 0 Å². The van der Waals surface area contributed by atoms with Crippen molar-refractivity contribution in [3.05, 3.63) is 127 Å². The Hall–Kier alpha value is -5.49. The minimum absolute atomic E-state index is 0.0610. The SMILES string of the molecule is N#Cc1ccc(NC2CCC(N(C(=O)NCc3ccccc3)c3ccc(-c4cnn(Cc5cccnc5)c4)cc3)CC2)nc1. The number of carbonyl (C=O) groups is 1. The van der Waals surface area contributed by atoms with Crippen LogP contribution in [0, 0.1) is 11.3 Å². The fraction of sp³-hybridized carbons (Fsp3) is 0.229. The van der Waals surface area contributed by atoms with Gasteiger partial charge in [-0.05, 0) is 72.7 Å². The van der Waals surface area contributed by atoms with E-state index in [9.17, 15) is 4.79 Å². The molecule has 0 spiro atoms. The predicted octanol–water partition coefficient (Wildman–Crippen LogP) is 6.40. The van der Waals surface area contributed by atoms with Gasteiger partial charge in [0.1, 0.15) is 11.9 Å². The average Bonchev–Trinajstić information content (AvgIpc) is 3.55.